The van der Waals surface area contributed by atoms with Crippen LogP contribution in [0, 0.1) is 0 Å². The lowest BCUT2D eigenvalue weighted by molar-refractivity contribution is -0.0559. The summed E-state index contributed by atoms with van der Waals surface area (Å²) >= 11 is 5.78. The summed E-state index contributed by atoms with van der Waals surface area (Å²) in [5.41, 5.74) is 6.26. The highest BCUT2D eigenvalue weighted by molar-refractivity contribution is 6.30. The zero-order valence-electron chi connectivity index (χ0n) is 7.91. The van der Waals surface area contributed by atoms with E-state index in [0.29, 0.717) is 5.02 Å². The number of aliphatic hydroxyl groups is 1. The summed E-state index contributed by atoms with van der Waals surface area (Å²) in [4.78, 5) is 0. The molecule has 0 saturated heterocycles. The molecule has 1 atom stereocenters. The molecule has 1 saturated carbocycles. The van der Waals surface area contributed by atoms with Gasteiger partial charge in [0.1, 0.15) is 0 Å². The Bertz CT molecular complexity index is 319. The number of hydrogen-bond donors (Lipinski definition) is 2. The van der Waals surface area contributed by atoms with E-state index < -0.39 is 5.60 Å². The molecular formula is C11H14ClNO. The number of hydrogen-bond acceptors (Lipinski definition) is 2. The van der Waals surface area contributed by atoms with E-state index in [1.54, 1.807) is 12.1 Å². The van der Waals surface area contributed by atoms with Crippen molar-refractivity contribution in [3.63, 3.8) is 0 Å². The van der Waals surface area contributed by atoms with E-state index >= 15 is 0 Å². The molecular weight excluding hydrogens is 198 g/mol. The second-order valence-electron chi connectivity index (χ2n) is 3.99. The first kappa shape index (κ1) is 9.97. The van der Waals surface area contributed by atoms with Crippen molar-refractivity contribution in [1.29, 1.82) is 0 Å². The molecule has 2 nitrogen and oxygen atoms in total. The molecule has 0 aliphatic heterocycles. The SMILES string of the molecule is NC(c1ccc(Cl)cc1)C1(O)CCC1. The summed E-state index contributed by atoms with van der Waals surface area (Å²) in [6, 6.07) is 7.08. The van der Waals surface area contributed by atoms with Gasteiger partial charge >= 0.3 is 0 Å². The molecule has 0 bridgehead atoms. The summed E-state index contributed by atoms with van der Waals surface area (Å²) in [6.07, 6.45) is 2.67. The van der Waals surface area contributed by atoms with Crippen molar-refractivity contribution in [2.75, 3.05) is 0 Å². The molecule has 76 valence electrons. The van der Waals surface area contributed by atoms with Crippen LogP contribution >= 0.6 is 11.6 Å². The summed E-state index contributed by atoms with van der Waals surface area (Å²) in [5, 5.41) is 10.7. The van der Waals surface area contributed by atoms with Crippen LogP contribution in [0.15, 0.2) is 24.3 Å². The van der Waals surface area contributed by atoms with Gasteiger partial charge in [0.2, 0.25) is 0 Å². The van der Waals surface area contributed by atoms with E-state index in [1.807, 2.05) is 12.1 Å². The highest BCUT2D eigenvalue weighted by Gasteiger charge is 2.40. The number of rotatable bonds is 2. The molecule has 1 fully saturated rings. The lowest BCUT2D eigenvalue weighted by Gasteiger charge is -2.41. The van der Waals surface area contributed by atoms with Crippen LogP contribution in [0.5, 0.6) is 0 Å². The minimum Gasteiger partial charge on any atom is -0.388 e. The summed E-state index contributed by atoms with van der Waals surface area (Å²) in [5.74, 6) is 0. The van der Waals surface area contributed by atoms with Gasteiger partial charge in [0.25, 0.3) is 0 Å². The summed E-state index contributed by atoms with van der Waals surface area (Å²) in [7, 11) is 0. The topological polar surface area (TPSA) is 46.2 Å². The molecule has 0 heterocycles. The van der Waals surface area contributed by atoms with E-state index in [0.717, 1.165) is 24.8 Å². The molecule has 1 aliphatic rings. The maximum atomic E-state index is 10.0. The standard InChI is InChI=1S/C11H14ClNO/c12-9-4-2-8(3-5-9)10(13)11(14)6-1-7-11/h2-5,10,14H,1,6-7,13H2. The van der Waals surface area contributed by atoms with Crippen LogP contribution in [0.1, 0.15) is 30.9 Å². The fraction of sp³-hybridized carbons (Fsp3) is 0.455. The molecule has 1 unspecified atom stereocenters. The Hall–Kier alpha value is -0.570. The third-order valence-corrected chi connectivity index (χ3v) is 3.28. The quantitative estimate of drug-likeness (QED) is 0.788. The number of nitrogens with two attached hydrogens (primary N) is 1. The van der Waals surface area contributed by atoms with Crippen molar-refractivity contribution in [3.8, 4) is 0 Å². The van der Waals surface area contributed by atoms with Gasteiger partial charge in [0.05, 0.1) is 11.6 Å². The second kappa shape index (κ2) is 3.54. The van der Waals surface area contributed by atoms with Crippen LogP contribution in [0.3, 0.4) is 0 Å². The van der Waals surface area contributed by atoms with E-state index in [-0.39, 0.29) is 6.04 Å². The molecule has 0 spiro atoms. The van der Waals surface area contributed by atoms with Gasteiger partial charge in [-0.25, -0.2) is 0 Å². The van der Waals surface area contributed by atoms with Crippen LogP contribution in [0.25, 0.3) is 0 Å². The first-order chi connectivity index (χ1) is 6.62. The zero-order valence-corrected chi connectivity index (χ0v) is 8.67. The Balaban J connectivity index is 2.18. The fourth-order valence-electron chi connectivity index (χ4n) is 1.83. The molecule has 0 amide bonds. The van der Waals surface area contributed by atoms with Crippen molar-refractivity contribution >= 4 is 11.6 Å². The molecule has 2 rings (SSSR count). The average Bonchev–Trinajstić information content (AvgIpc) is 2.14. The predicted molar refractivity (Wildman–Crippen MR) is 57.2 cm³/mol. The second-order valence-corrected chi connectivity index (χ2v) is 4.42. The Labute approximate surface area is 88.7 Å². The normalized spacial score (nSPS) is 21.4. The largest absolute Gasteiger partial charge is 0.388 e. The first-order valence-electron chi connectivity index (χ1n) is 4.85. The molecule has 3 heteroatoms. The minimum atomic E-state index is -0.687. The van der Waals surface area contributed by atoms with Crippen LogP contribution in [-0.2, 0) is 0 Å². The van der Waals surface area contributed by atoms with E-state index in [1.165, 1.54) is 0 Å². The molecule has 0 aromatic heterocycles. The van der Waals surface area contributed by atoms with Crippen molar-refractivity contribution < 1.29 is 5.11 Å². The third kappa shape index (κ3) is 1.65. The van der Waals surface area contributed by atoms with Gasteiger partial charge < -0.3 is 10.8 Å². The van der Waals surface area contributed by atoms with Gasteiger partial charge in [0.15, 0.2) is 0 Å². The van der Waals surface area contributed by atoms with E-state index in [9.17, 15) is 5.11 Å². The number of halogens is 1. The van der Waals surface area contributed by atoms with Crippen LogP contribution in [0.2, 0.25) is 5.02 Å². The summed E-state index contributed by atoms with van der Waals surface area (Å²) < 4.78 is 0. The third-order valence-electron chi connectivity index (χ3n) is 3.03. The van der Waals surface area contributed by atoms with Crippen molar-refractivity contribution in [2.45, 2.75) is 30.9 Å². The maximum absolute atomic E-state index is 10.0. The average molecular weight is 212 g/mol. The first-order valence-corrected chi connectivity index (χ1v) is 5.23. The molecule has 3 N–H and O–H groups in total. The van der Waals surface area contributed by atoms with Gasteiger partial charge in [-0.3, -0.25) is 0 Å². The van der Waals surface area contributed by atoms with Crippen LogP contribution in [0.4, 0.5) is 0 Å². The van der Waals surface area contributed by atoms with Gasteiger partial charge in [-0.15, -0.1) is 0 Å². The molecule has 0 radical (unpaired) electrons. The highest BCUT2D eigenvalue weighted by atomic mass is 35.5. The fourth-order valence-corrected chi connectivity index (χ4v) is 1.96. The van der Waals surface area contributed by atoms with Gasteiger partial charge in [0, 0.05) is 5.02 Å². The predicted octanol–water partition coefficient (Wildman–Crippen LogP) is 2.25. The lowest BCUT2D eigenvalue weighted by Crippen LogP contribution is -2.46. The van der Waals surface area contributed by atoms with Gasteiger partial charge in [-0.05, 0) is 37.0 Å². The molecule has 1 aromatic carbocycles. The van der Waals surface area contributed by atoms with Crippen molar-refractivity contribution in [3.05, 3.63) is 34.9 Å². The minimum absolute atomic E-state index is 0.284. The maximum Gasteiger partial charge on any atom is 0.0839 e. The smallest absolute Gasteiger partial charge is 0.0839 e. The van der Waals surface area contributed by atoms with Crippen molar-refractivity contribution in [2.24, 2.45) is 5.73 Å². The zero-order chi connectivity index (χ0) is 10.2. The van der Waals surface area contributed by atoms with Crippen LogP contribution < -0.4 is 5.73 Å². The van der Waals surface area contributed by atoms with Gasteiger partial charge in [-0.2, -0.15) is 0 Å². The van der Waals surface area contributed by atoms with E-state index in [4.69, 9.17) is 17.3 Å². The highest BCUT2D eigenvalue weighted by Crippen LogP contribution is 2.40. The Morgan fingerprint density at radius 2 is 1.86 bits per heavy atom. The lowest BCUT2D eigenvalue weighted by atomic mass is 9.73. The van der Waals surface area contributed by atoms with Crippen LogP contribution in [-0.4, -0.2) is 10.7 Å². The monoisotopic (exact) mass is 211 g/mol. The van der Waals surface area contributed by atoms with Gasteiger partial charge in [-0.1, -0.05) is 23.7 Å². The van der Waals surface area contributed by atoms with Crippen molar-refractivity contribution in [1.82, 2.24) is 0 Å². The molecule has 14 heavy (non-hydrogen) atoms. The summed E-state index contributed by atoms with van der Waals surface area (Å²) in [6.45, 7) is 0. The number of benzene rings is 1. The Kier molecular flexibility index (Phi) is 2.52. The molecule has 1 aromatic rings. The Morgan fingerprint density at radius 3 is 2.29 bits per heavy atom. The molecule has 1 aliphatic carbocycles. The van der Waals surface area contributed by atoms with E-state index in [2.05, 4.69) is 0 Å². The Morgan fingerprint density at radius 1 is 1.29 bits per heavy atom.